The average Bonchev–Trinajstić information content (AvgIpc) is 3.24. The number of benzene rings is 1. The van der Waals surface area contributed by atoms with Gasteiger partial charge in [-0.3, -0.25) is 9.69 Å². The van der Waals surface area contributed by atoms with Crippen LogP contribution < -0.4 is 5.56 Å². The quantitative estimate of drug-likeness (QED) is 0.741. The van der Waals surface area contributed by atoms with Gasteiger partial charge in [-0.05, 0) is 25.0 Å². The van der Waals surface area contributed by atoms with Crippen molar-refractivity contribution in [3.05, 3.63) is 69.7 Å². The minimum atomic E-state index is 0.0354. The van der Waals surface area contributed by atoms with E-state index in [1.165, 1.54) is 19.3 Å². The molecule has 1 N–H and O–H groups in total. The van der Waals surface area contributed by atoms with Gasteiger partial charge in [-0.25, -0.2) is 9.67 Å². The molecule has 1 aromatic carbocycles. The Balaban J connectivity index is 1.30. The molecule has 7 nitrogen and oxygen atoms in total. The minimum Gasteiger partial charge on any atom is -0.310 e. The zero-order valence-electron chi connectivity index (χ0n) is 16.5. The molecule has 0 atom stereocenters. The summed E-state index contributed by atoms with van der Waals surface area (Å²) >= 11 is 0. The van der Waals surface area contributed by atoms with Gasteiger partial charge in [0, 0.05) is 32.0 Å². The fourth-order valence-corrected chi connectivity index (χ4v) is 4.51. The highest BCUT2D eigenvalue weighted by Crippen LogP contribution is 2.30. The summed E-state index contributed by atoms with van der Waals surface area (Å²) in [7, 11) is 0. The lowest BCUT2D eigenvalue weighted by molar-refractivity contribution is 0.238. The molecule has 0 unspecified atom stereocenters. The summed E-state index contributed by atoms with van der Waals surface area (Å²) in [6, 6.07) is 9.96. The maximum absolute atomic E-state index is 12.8. The first-order valence-corrected chi connectivity index (χ1v) is 10.6. The molecule has 3 heterocycles. The molecule has 29 heavy (non-hydrogen) atoms. The zero-order valence-corrected chi connectivity index (χ0v) is 16.5. The first kappa shape index (κ1) is 18.2. The maximum atomic E-state index is 12.8. The number of para-hydroxylation sites is 1. The Kier molecular flexibility index (Phi) is 4.97. The lowest BCUT2D eigenvalue weighted by Crippen LogP contribution is -2.36. The van der Waals surface area contributed by atoms with Crippen molar-refractivity contribution in [1.29, 1.82) is 0 Å². The van der Waals surface area contributed by atoms with E-state index in [2.05, 4.69) is 20.2 Å². The number of fused-ring (bicyclic) bond motifs is 1. The van der Waals surface area contributed by atoms with Gasteiger partial charge in [0.05, 0.1) is 28.8 Å². The van der Waals surface area contributed by atoms with E-state index in [4.69, 9.17) is 4.98 Å². The predicted molar refractivity (Wildman–Crippen MR) is 110 cm³/mol. The molecule has 2 aromatic heterocycles. The molecule has 7 heteroatoms. The topological polar surface area (TPSA) is 79.7 Å². The first-order valence-electron chi connectivity index (χ1n) is 10.6. The van der Waals surface area contributed by atoms with E-state index in [1.807, 2.05) is 36.5 Å². The van der Waals surface area contributed by atoms with E-state index >= 15 is 0 Å². The highest BCUT2D eigenvalue weighted by atomic mass is 16.1. The fourth-order valence-electron chi connectivity index (χ4n) is 4.51. The van der Waals surface area contributed by atoms with Gasteiger partial charge < -0.3 is 4.98 Å². The summed E-state index contributed by atoms with van der Waals surface area (Å²) in [5.41, 5.74) is 3.73. The van der Waals surface area contributed by atoms with Gasteiger partial charge >= 0.3 is 0 Å². The van der Waals surface area contributed by atoms with Crippen molar-refractivity contribution in [1.82, 2.24) is 29.9 Å². The summed E-state index contributed by atoms with van der Waals surface area (Å²) in [5, 5.41) is 8.55. The number of hydrogen-bond donors (Lipinski definition) is 1. The molecule has 0 spiro atoms. The van der Waals surface area contributed by atoms with Gasteiger partial charge in [0.1, 0.15) is 5.82 Å². The largest absolute Gasteiger partial charge is 0.310 e. The number of hydrogen-bond acceptors (Lipinski definition) is 5. The smallest absolute Gasteiger partial charge is 0.255 e. The second-order valence-corrected chi connectivity index (χ2v) is 8.16. The highest BCUT2D eigenvalue weighted by Gasteiger charge is 2.25. The highest BCUT2D eigenvalue weighted by molar-refractivity contribution is 5.30. The number of nitrogens with zero attached hydrogens (tertiary/aromatic N) is 5. The van der Waals surface area contributed by atoms with E-state index in [0.717, 1.165) is 54.3 Å². The number of nitrogens with one attached hydrogen (secondary N) is 1. The van der Waals surface area contributed by atoms with Gasteiger partial charge in [0.25, 0.3) is 5.56 Å². The van der Waals surface area contributed by atoms with Crippen LogP contribution in [0.2, 0.25) is 0 Å². The summed E-state index contributed by atoms with van der Waals surface area (Å²) in [6.07, 6.45) is 8.84. The molecule has 3 aromatic rings. The van der Waals surface area contributed by atoms with Gasteiger partial charge in [0.15, 0.2) is 0 Å². The Labute approximate surface area is 169 Å². The van der Waals surface area contributed by atoms with Gasteiger partial charge in [-0.1, -0.05) is 42.7 Å². The van der Waals surface area contributed by atoms with E-state index < -0.39 is 0 Å². The molecule has 1 fully saturated rings. The van der Waals surface area contributed by atoms with Crippen molar-refractivity contribution in [2.75, 3.05) is 6.54 Å². The SMILES string of the molecule is O=c1[nH]c(C2CCCCC2)nc2c1CN(Cc1cn(-c3ccccc3)nn1)CC2. The summed E-state index contributed by atoms with van der Waals surface area (Å²) in [4.78, 5) is 23.0. The molecular weight excluding hydrogens is 364 g/mol. The number of aromatic amines is 1. The standard InChI is InChI=1S/C22H26N6O/c29-22-19-15-27(13-17-14-28(26-25-17)18-9-5-2-6-10-18)12-11-20(19)23-21(24-22)16-7-3-1-4-8-16/h2,5-6,9-10,14,16H,1,3-4,7-8,11-13,15H2,(H,23,24,29). The average molecular weight is 390 g/mol. The van der Waals surface area contributed by atoms with E-state index in [9.17, 15) is 4.79 Å². The third-order valence-corrected chi connectivity index (χ3v) is 6.11. The Bertz CT molecular complexity index is 1030. The molecule has 0 saturated heterocycles. The van der Waals surface area contributed by atoms with Crippen LogP contribution in [0, 0.1) is 0 Å². The fraction of sp³-hybridized carbons (Fsp3) is 0.455. The normalized spacial score (nSPS) is 17.9. The third kappa shape index (κ3) is 3.87. The van der Waals surface area contributed by atoms with Crippen LogP contribution in [0.1, 0.15) is 60.8 Å². The first-order chi connectivity index (χ1) is 14.3. The van der Waals surface area contributed by atoms with Crippen LogP contribution in [0.3, 0.4) is 0 Å². The summed E-state index contributed by atoms with van der Waals surface area (Å²) < 4.78 is 1.79. The van der Waals surface area contributed by atoms with E-state index in [1.54, 1.807) is 4.68 Å². The monoisotopic (exact) mass is 390 g/mol. The molecule has 0 amide bonds. The van der Waals surface area contributed by atoms with E-state index in [-0.39, 0.29) is 5.56 Å². The predicted octanol–water partition coefficient (Wildman–Crippen LogP) is 2.96. The van der Waals surface area contributed by atoms with E-state index in [0.29, 0.717) is 19.0 Å². The van der Waals surface area contributed by atoms with Crippen molar-refractivity contribution in [2.24, 2.45) is 0 Å². The summed E-state index contributed by atoms with van der Waals surface area (Å²) in [5.74, 6) is 1.33. The van der Waals surface area contributed by atoms with Crippen molar-refractivity contribution >= 4 is 0 Å². The Morgan fingerprint density at radius 1 is 1.10 bits per heavy atom. The molecule has 1 aliphatic carbocycles. The second-order valence-electron chi connectivity index (χ2n) is 8.16. The van der Waals surface area contributed by atoms with Crippen molar-refractivity contribution < 1.29 is 0 Å². The zero-order chi connectivity index (χ0) is 19.6. The van der Waals surface area contributed by atoms with Gasteiger partial charge in [-0.2, -0.15) is 0 Å². The molecule has 0 radical (unpaired) electrons. The molecule has 1 saturated carbocycles. The molecule has 1 aliphatic heterocycles. The molecule has 150 valence electrons. The lowest BCUT2D eigenvalue weighted by atomic mass is 9.88. The summed E-state index contributed by atoms with van der Waals surface area (Å²) in [6.45, 7) is 2.17. The maximum Gasteiger partial charge on any atom is 0.255 e. The molecule has 0 bridgehead atoms. The second kappa shape index (κ2) is 7.91. The van der Waals surface area contributed by atoms with Gasteiger partial charge in [0.2, 0.25) is 0 Å². The van der Waals surface area contributed by atoms with Crippen LogP contribution in [-0.2, 0) is 19.5 Å². The van der Waals surface area contributed by atoms with Crippen LogP contribution >= 0.6 is 0 Å². The molecule has 2 aliphatic rings. The molecule has 5 rings (SSSR count). The number of aromatic nitrogens is 5. The third-order valence-electron chi connectivity index (χ3n) is 6.11. The number of H-pyrrole nitrogens is 1. The van der Waals surface area contributed by atoms with Crippen LogP contribution in [-0.4, -0.2) is 36.4 Å². The van der Waals surface area contributed by atoms with Crippen molar-refractivity contribution in [3.63, 3.8) is 0 Å². The lowest BCUT2D eigenvalue weighted by Gasteiger charge is -2.28. The van der Waals surface area contributed by atoms with Crippen LogP contribution in [0.4, 0.5) is 0 Å². The molecular formula is C22H26N6O. The van der Waals surface area contributed by atoms with Crippen LogP contribution in [0.5, 0.6) is 0 Å². The minimum absolute atomic E-state index is 0.0354. The van der Waals surface area contributed by atoms with Crippen molar-refractivity contribution in [3.8, 4) is 5.69 Å². The number of rotatable bonds is 4. The Morgan fingerprint density at radius 2 is 1.93 bits per heavy atom. The van der Waals surface area contributed by atoms with Crippen molar-refractivity contribution in [2.45, 2.75) is 57.5 Å². The Hall–Kier alpha value is -2.80. The van der Waals surface area contributed by atoms with Crippen LogP contribution in [0.15, 0.2) is 41.3 Å². The Morgan fingerprint density at radius 3 is 2.76 bits per heavy atom. The van der Waals surface area contributed by atoms with Crippen LogP contribution in [0.25, 0.3) is 5.69 Å². The van der Waals surface area contributed by atoms with Gasteiger partial charge in [-0.15, -0.1) is 5.10 Å².